The van der Waals surface area contributed by atoms with Crippen LogP contribution in [-0.4, -0.2) is 9.97 Å². The van der Waals surface area contributed by atoms with E-state index >= 15 is 0 Å². The van der Waals surface area contributed by atoms with Crippen molar-refractivity contribution in [2.45, 2.75) is 26.1 Å². The molecule has 2 aromatic heterocycles. The molecule has 0 aliphatic rings. The van der Waals surface area contributed by atoms with Gasteiger partial charge in [0.25, 0.3) is 0 Å². The Hall–Kier alpha value is -2.15. The lowest BCUT2D eigenvalue weighted by atomic mass is 10.1. The van der Waals surface area contributed by atoms with Gasteiger partial charge in [0.15, 0.2) is 5.13 Å². The SMILES string of the molecule is CCc1cc(C(F)(F)F)cc2sc(NCc3cccnc3)nc12. The van der Waals surface area contributed by atoms with E-state index in [9.17, 15) is 13.2 Å². The fourth-order valence-corrected chi connectivity index (χ4v) is 3.24. The number of halogens is 3. The molecule has 3 aromatic rings. The first-order valence-corrected chi connectivity index (χ1v) is 7.92. The van der Waals surface area contributed by atoms with E-state index in [-0.39, 0.29) is 0 Å². The Morgan fingerprint density at radius 2 is 2.09 bits per heavy atom. The summed E-state index contributed by atoms with van der Waals surface area (Å²) in [5.74, 6) is 0. The predicted molar refractivity (Wildman–Crippen MR) is 85.6 cm³/mol. The van der Waals surface area contributed by atoms with Gasteiger partial charge < -0.3 is 5.32 Å². The van der Waals surface area contributed by atoms with E-state index in [2.05, 4.69) is 15.3 Å². The third kappa shape index (κ3) is 3.44. The molecule has 23 heavy (non-hydrogen) atoms. The topological polar surface area (TPSA) is 37.8 Å². The zero-order valence-corrected chi connectivity index (χ0v) is 13.1. The highest BCUT2D eigenvalue weighted by atomic mass is 32.1. The number of pyridine rings is 1. The monoisotopic (exact) mass is 337 g/mol. The number of hydrogen-bond donors (Lipinski definition) is 1. The molecule has 0 radical (unpaired) electrons. The number of rotatable bonds is 4. The lowest BCUT2D eigenvalue weighted by molar-refractivity contribution is -0.137. The average Bonchev–Trinajstić information content (AvgIpc) is 2.95. The zero-order valence-electron chi connectivity index (χ0n) is 12.3. The molecule has 0 atom stereocenters. The maximum atomic E-state index is 13.0. The van der Waals surface area contributed by atoms with Crippen molar-refractivity contribution in [3.8, 4) is 0 Å². The van der Waals surface area contributed by atoms with Gasteiger partial charge in [-0.25, -0.2) is 4.98 Å². The third-order valence-electron chi connectivity index (χ3n) is 3.45. The molecule has 0 fully saturated rings. The number of aromatic nitrogens is 2. The first kappa shape index (κ1) is 15.7. The molecule has 7 heteroatoms. The van der Waals surface area contributed by atoms with Crippen LogP contribution in [-0.2, 0) is 19.1 Å². The minimum atomic E-state index is -4.34. The quantitative estimate of drug-likeness (QED) is 0.737. The summed E-state index contributed by atoms with van der Waals surface area (Å²) in [5.41, 5.74) is 1.61. The number of nitrogens with zero attached hydrogens (tertiary/aromatic N) is 2. The molecule has 0 saturated carbocycles. The largest absolute Gasteiger partial charge is 0.416 e. The Kier molecular flexibility index (Phi) is 4.21. The van der Waals surface area contributed by atoms with Gasteiger partial charge in [-0.15, -0.1) is 0 Å². The Bertz CT molecular complexity index is 813. The highest BCUT2D eigenvalue weighted by Crippen LogP contribution is 2.36. The second-order valence-electron chi connectivity index (χ2n) is 5.07. The van der Waals surface area contributed by atoms with E-state index in [1.54, 1.807) is 12.4 Å². The van der Waals surface area contributed by atoms with E-state index in [1.165, 1.54) is 23.5 Å². The Morgan fingerprint density at radius 1 is 1.26 bits per heavy atom. The highest BCUT2D eigenvalue weighted by Gasteiger charge is 2.31. The lowest BCUT2D eigenvalue weighted by Crippen LogP contribution is -2.05. The van der Waals surface area contributed by atoms with Gasteiger partial charge in [0, 0.05) is 18.9 Å². The van der Waals surface area contributed by atoms with Crippen molar-refractivity contribution < 1.29 is 13.2 Å². The standard InChI is InChI=1S/C16H14F3N3S/c1-2-11-6-12(16(17,18)19)7-13-14(11)22-15(23-13)21-9-10-4-3-5-20-8-10/h3-8H,2,9H2,1H3,(H,21,22). The van der Waals surface area contributed by atoms with Crippen LogP contribution >= 0.6 is 11.3 Å². The van der Waals surface area contributed by atoms with Crippen LogP contribution in [0.1, 0.15) is 23.6 Å². The first-order valence-electron chi connectivity index (χ1n) is 7.11. The molecular formula is C16H14F3N3S. The highest BCUT2D eigenvalue weighted by molar-refractivity contribution is 7.22. The molecular weight excluding hydrogens is 323 g/mol. The van der Waals surface area contributed by atoms with Gasteiger partial charge in [0.1, 0.15) is 0 Å². The number of thiazole rings is 1. The zero-order chi connectivity index (χ0) is 16.4. The summed E-state index contributed by atoms with van der Waals surface area (Å²) < 4.78 is 39.5. The molecule has 0 aliphatic carbocycles. The van der Waals surface area contributed by atoms with Gasteiger partial charge in [-0.05, 0) is 35.7 Å². The van der Waals surface area contributed by atoms with Crippen molar-refractivity contribution in [3.63, 3.8) is 0 Å². The summed E-state index contributed by atoms with van der Waals surface area (Å²) in [6.07, 6.45) is -0.412. The molecule has 0 spiro atoms. The summed E-state index contributed by atoms with van der Waals surface area (Å²) in [6, 6.07) is 6.11. The second-order valence-corrected chi connectivity index (χ2v) is 6.10. The van der Waals surface area contributed by atoms with Crippen LogP contribution in [0.4, 0.5) is 18.3 Å². The van der Waals surface area contributed by atoms with Gasteiger partial charge in [0.2, 0.25) is 0 Å². The van der Waals surface area contributed by atoms with Crippen LogP contribution in [0, 0.1) is 0 Å². The smallest absolute Gasteiger partial charge is 0.357 e. The summed E-state index contributed by atoms with van der Waals surface area (Å²) in [6.45, 7) is 2.36. The van der Waals surface area contributed by atoms with Crippen LogP contribution in [0.3, 0.4) is 0 Å². The van der Waals surface area contributed by atoms with Crippen molar-refractivity contribution in [2.24, 2.45) is 0 Å². The van der Waals surface area contributed by atoms with Crippen molar-refractivity contribution >= 4 is 26.7 Å². The van der Waals surface area contributed by atoms with E-state index < -0.39 is 11.7 Å². The molecule has 1 N–H and O–H groups in total. The second kappa shape index (κ2) is 6.16. The van der Waals surface area contributed by atoms with E-state index in [0.717, 1.165) is 5.56 Å². The Balaban J connectivity index is 1.91. The van der Waals surface area contributed by atoms with Gasteiger partial charge in [-0.2, -0.15) is 13.2 Å². The third-order valence-corrected chi connectivity index (χ3v) is 4.41. The predicted octanol–water partition coefficient (Wildman–Crippen LogP) is 4.88. The van der Waals surface area contributed by atoms with Crippen molar-refractivity contribution in [1.29, 1.82) is 0 Å². The van der Waals surface area contributed by atoms with Gasteiger partial charge in [0.05, 0.1) is 15.8 Å². The van der Waals surface area contributed by atoms with E-state index in [4.69, 9.17) is 0 Å². The molecule has 0 aliphatic heterocycles. The minimum absolute atomic E-state index is 0.506. The summed E-state index contributed by atoms with van der Waals surface area (Å²) in [7, 11) is 0. The number of benzene rings is 1. The van der Waals surface area contributed by atoms with Crippen LogP contribution in [0.2, 0.25) is 0 Å². The summed E-state index contributed by atoms with van der Waals surface area (Å²) in [4.78, 5) is 8.47. The molecule has 2 heterocycles. The normalized spacial score (nSPS) is 11.8. The fraction of sp³-hybridized carbons (Fsp3) is 0.250. The Labute approximate surface area is 135 Å². The molecule has 120 valence electrons. The van der Waals surface area contributed by atoms with Crippen LogP contribution in [0.5, 0.6) is 0 Å². The lowest BCUT2D eigenvalue weighted by Gasteiger charge is -2.08. The Morgan fingerprint density at radius 3 is 2.74 bits per heavy atom. The van der Waals surface area contributed by atoms with Crippen molar-refractivity contribution in [2.75, 3.05) is 5.32 Å². The molecule has 3 nitrogen and oxygen atoms in total. The van der Waals surface area contributed by atoms with Crippen LogP contribution in [0.15, 0.2) is 36.7 Å². The fourth-order valence-electron chi connectivity index (χ4n) is 2.29. The number of alkyl halides is 3. The number of nitrogens with one attached hydrogen (secondary N) is 1. The van der Waals surface area contributed by atoms with Crippen molar-refractivity contribution in [3.05, 3.63) is 53.3 Å². The average molecular weight is 337 g/mol. The molecule has 0 amide bonds. The minimum Gasteiger partial charge on any atom is -0.357 e. The molecule has 0 bridgehead atoms. The maximum Gasteiger partial charge on any atom is 0.416 e. The van der Waals surface area contributed by atoms with E-state index in [1.807, 2.05) is 19.1 Å². The molecule has 0 saturated heterocycles. The first-order chi connectivity index (χ1) is 11.0. The van der Waals surface area contributed by atoms with Crippen LogP contribution in [0.25, 0.3) is 10.2 Å². The van der Waals surface area contributed by atoms with E-state index in [0.29, 0.717) is 33.9 Å². The van der Waals surface area contributed by atoms with Crippen LogP contribution < -0.4 is 5.32 Å². The summed E-state index contributed by atoms with van der Waals surface area (Å²) >= 11 is 1.23. The summed E-state index contributed by atoms with van der Waals surface area (Å²) in [5, 5.41) is 3.76. The number of hydrogen-bond acceptors (Lipinski definition) is 4. The molecule has 3 rings (SSSR count). The van der Waals surface area contributed by atoms with Gasteiger partial charge in [-0.3, -0.25) is 4.98 Å². The van der Waals surface area contributed by atoms with Gasteiger partial charge in [-0.1, -0.05) is 24.3 Å². The maximum absolute atomic E-state index is 13.0. The number of anilines is 1. The number of aryl methyl sites for hydroxylation is 1. The van der Waals surface area contributed by atoms with Crippen molar-refractivity contribution in [1.82, 2.24) is 9.97 Å². The number of fused-ring (bicyclic) bond motifs is 1. The van der Waals surface area contributed by atoms with Gasteiger partial charge >= 0.3 is 6.18 Å². The molecule has 1 aromatic carbocycles. The molecule has 0 unspecified atom stereocenters.